The molecule has 18 heavy (non-hydrogen) atoms. The normalized spacial score (nSPS) is 10.8. The number of amides is 1. The van der Waals surface area contributed by atoms with E-state index in [9.17, 15) is 4.79 Å². The topological polar surface area (TPSA) is 76.1 Å². The summed E-state index contributed by atoms with van der Waals surface area (Å²) in [4.78, 5) is 10.9. The molecule has 0 bridgehead atoms. The van der Waals surface area contributed by atoms with Gasteiger partial charge in [-0.25, -0.2) is 0 Å². The van der Waals surface area contributed by atoms with E-state index in [0.717, 1.165) is 24.2 Å². The molecule has 0 saturated carbocycles. The smallest absolute Gasteiger partial charge is 0.259 e. The molecule has 4 nitrogen and oxygen atoms in total. The van der Waals surface area contributed by atoms with Gasteiger partial charge in [0.15, 0.2) is 0 Å². The Morgan fingerprint density at radius 1 is 1.44 bits per heavy atom. The molecule has 0 aliphatic rings. The van der Waals surface area contributed by atoms with Gasteiger partial charge in [-0.1, -0.05) is 25.5 Å². The summed E-state index contributed by atoms with van der Waals surface area (Å²) in [6, 6.07) is 8.93. The van der Waals surface area contributed by atoms with Crippen molar-refractivity contribution in [2.45, 2.75) is 19.8 Å². The van der Waals surface area contributed by atoms with Crippen molar-refractivity contribution in [1.29, 1.82) is 5.26 Å². The maximum absolute atomic E-state index is 10.9. The number of nitrogens with two attached hydrogens (primary N) is 1. The maximum atomic E-state index is 10.9. The highest BCUT2D eigenvalue weighted by atomic mass is 16.5. The predicted molar refractivity (Wildman–Crippen MR) is 69.6 cm³/mol. The largest absolute Gasteiger partial charge is 0.494 e. The van der Waals surface area contributed by atoms with Crippen molar-refractivity contribution in [2.24, 2.45) is 5.73 Å². The molecular formula is C14H16N2O2. The molecule has 1 amide bonds. The summed E-state index contributed by atoms with van der Waals surface area (Å²) in [5, 5.41) is 8.71. The standard InChI is InChI=1S/C14H16N2O2/c1-2-3-8-18-13-6-4-11(5-7-13)9-12(10-15)14(16)17/h4-7,9H,2-3,8H2,1H3,(H2,16,17). The van der Waals surface area contributed by atoms with Gasteiger partial charge in [-0.05, 0) is 30.2 Å². The van der Waals surface area contributed by atoms with Crippen molar-refractivity contribution in [2.75, 3.05) is 6.61 Å². The van der Waals surface area contributed by atoms with Crippen molar-refractivity contribution >= 4 is 12.0 Å². The zero-order valence-electron chi connectivity index (χ0n) is 10.3. The Kier molecular flexibility index (Phi) is 5.46. The number of hydrogen-bond donors (Lipinski definition) is 1. The molecule has 0 radical (unpaired) electrons. The van der Waals surface area contributed by atoms with Crippen LogP contribution in [0.25, 0.3) is 6.08 Å². The number of hydrogen-bond acceptors (Lipinski definition) is 3. The van der Waals surface area contributed by atoms with Gasteiger partial charge in [-0.3, -0.25) is 4.79 Å². The van der Waals surface area contributed by atoms with E-state index in [-0.39, 0.29) is 5.57 Å². The molecule has 0 atom stereocenters. The zero-order valence-corrected chi connectivity index (χ0v) is 10.3. The van der Waals surface area contributed by atoms with Gasteiger partial charge in [-0.2, -0.15) is 5.26 Å². The van der Waals surface area contributed by atoms with Crippen molar-refractivity contribution in [3.63, 3.8) is 0 Å². The van der Waals surface area contributed by atoms with Gasteiger partial charge < -0.3 is 10.5 Å². The molecular weight excluding hydrogens is 228 g/mol. The fourth-order valence-electron chi connectivity index (χ4n) is 1.32. The average Bonchev–Trinajstić information content (AvgIpc) is 2.37. The summed E-state index contributed by atoms with van der Waals surface area (Å²) < 4.78 is 5.50. The quantitative estimate of drug-likeness (QED) is 0.473. The van der Waals surface area contributed by atoms with E-state index < -0.39 is 5.91 Å². The number of nitriles is 1. The summed E-state index contributed by atoms with van der Waals surface area (Å²) in [6.07, 6.45) is 3.56. The van der Waals surface area contributed by atoms with E-state index in [0.29, 0.717) is 6.61 Å². The molecule has 0 aliphatic carbocycles. The monoisotopic (exact) mass is 244 g/mol. The van der Waals surface area contributed by atoms with Crippen LogP contribution in [0.3, 0.4) is 0 Å². The van der Waals surface area contributed by atoms with Crippen LogP contribution < -0.4 is 10.5 Å². The van der Waals surface area contributed by atoms with Crippen LogP contribution in [-0.4, -0.2) is 12.5 Å². The first-order chi connectivity index (χ1) is 8.67. The first kappa shape index (κ1) is 13.8. The summed E-state index contributed by atoms with van der Waals surface area (Å²) in [5.41, 5.74) is 5.73. The van der Waals surface area contributed by atoms with Crippen molar-refractivity contribution in [3.8, 4) is 11.8 Å². The summed E-state index contributed by atoms with van der Waals surface area (Å²) in [6.45, 7) is 2.79. The molecule has 0 unspecified atom stereocenters. The minimum absolute atomic E-state index is 0.0605. The number of primary amides is 1. The van der Waals surface area contributed by atoms with E-state index in [2.05, 4.69) is 6.92 Å². The lowest BCUT2D eigenvalue weighted by Gasteiger charge is -2.05. The molecule has 2 N–H and O–H groups in total. The van der Waals surface area contributed by atoms with Crippen LogP contribution in [0, 0.1) is 11.3 Å². The number of unbranched alkanes of at least 4 members (excludes halogenated alkanes) is 1. The lowest BCUT2D eigenvalue weighted by atomic mass is 10.1. The second kappa shape index (κ2) is 7.13. The Hall–Kier alpha value is -2.28. The van der Waals surface area contributed by atoms with E-state index >= 15 is 0 Å². The Bertz CT molecular complexity index is 470. The highest BCUT2D eigenvalue weighted by molar-refractivity contribution is 6.00. The summed E-state index contributed by atoms with van der Waals surface area (Å²) in [7, 11) is 0. The van der Waals surface area contributed by atoms with Crippen molar-refractivity contribution in [1.82, 2.24) is 0 Å². The van der Waals surface area contributed by atoms with Gasteiger partial charge in [0.25, 0.3) is 5.91 Å². The number of ether oxygens (including phenoxy) is 1. The zero-order chi connectivity index (χ0) is 13.4. The van der Waals surface area contributed by atoms with Crippen LogP contribution in [-0.2, 0) is 4.79 Å². The third-order valence-electron chi connectivity index (χ3n) is 2.34. The molecule has 1 aromatic rings. The fraction of sp³-hybridized carbons (Fsp3) is 0.286. The molecule has 0 saturated heterocycles. The second-order valence-corrected chi connectivity index (χ2v) is 3.81. The number of nitrogens with zero attached hydrogens (tertiary/aromatic N) is 1. The maximum Gasteiger partial charge on any atom is 0.259 e. The van der Waals surface area contributed by atoms with Gasteiger partial charge in [0.1, 0.15) is 17.4 Å². The SMILES string of the molecule is CCCCOc1ccc(C=C(C#N)C(N)=O)cc1. The number of rotatable bonds is 6. The number of carbonyl (C=O) groups is 1. The molecule has 0 fully saturated rings. The van der Waals surface area contributed by atoms with Crippen LogP contribution in [0.4, 0.5) is 0 Å². The van der Waals surface area contributed by atoms with Gasteiger partial charge >= 0.3 is 0 Å². The van der Waals surface area contributed by atoms with Gasteiger partial charge in [0, 0.05) is 0 Å². The number of carbonyl (C=O) groups excluding carboxylic acids is 1. The third kappa shape index (κ3) is 4.30. The number of benzene rings is 1. The third-order valence-corrected chi connectivity index (χ3v) is 2.34. The molecule has 4 heteroatoms. The molecule has 94 valence electrons. The molecule has 0 heterocycles. The fourth-order valence-corrected chi connectivity index (χ4v) is 1.32. The Morgan fingerprint density at radius 3 is 2.61 bits per heavy atom. The van der Waals surface area contributed by atoms with E-state index in [1.165, 1.54) is 6.08 Å². The molecule has 0 aliphatic heterocycles. The first-order valence-electron chi connectivity index (χ1n) is 5.82. The minimum Gasteiger partial charge on any atom is -0.494 e. The van der Waals surface area contributed by atoms with Crippen LogP contribution in [0.2, 0.25) is 0 Å². The Labute approximate surface area is 107 Å². The highest BCUT2D eigenvalue weighted by Gasteiger charge is 2.03. The molecule has 1 aromatic carbocycles. The van der Waals surface area contributed by atoms with Crippen molar-refractivity contribution in [3.05, 3.63) is 35.4 Å². The van der Waals surface area contributed by atoms with E-state index in [1.807, 2.05) is 0 Å². The first-order valence-corrected chi connectivity index (χ1v) is 5.82. The lowest BCUT2D eigenvalue weighted by Crippen LogP contribution is -2.12. The lowest BCUT2D eigenvalue weighted by molar-refractivity contribution is -0.114. The van der Waals surface area contributed by atoms with Crippen LogP contribution in [0.5, 0.6) is 5.75 Å². The molecule has 1 rings (SSSR count). The van der Waals surface area contributed by atoms with E-state index in [4.69, 9.17) is 15.7 Å². The molecule has 0 aromatic heterocycles. The predicted octanol–water partition coefficient (Wildman–Crippen LogP) is 2.26. The van der Waals surface area contributed by atoms with Crippen LogP contribution in [0.15, 0.2) is 29.8 Å². The second-order valence-electron chi connectivity index (χ2n) is 3.81. The Morgan fingerprint density at radius 2 is 2.11 bits per heavy atom. The van der Waals surface area contributed by atoms with Gasteiger partial charge in [-0.15, -0.1) is 0 Å². The van der Waals surface area contributed by atoms with Gasteiger partial charge in [0.05, 0.1) is 6.61 Å². The van der Waals surface area contributed by atoms with Crippen LogP contribution in [0.1, 0.15) is 25.3 Å². The summed E-state index contributed by atoms with van der Waals surface area (Å²) in [5.74, 6) is 0.0546. The Balaban J connectivity index is 2.71. The summed E-state index contributed by atoms with van der Waals surface area (Å²) >= 11 is 0. The minimum atomic E-state index is -0.722. The van der Waals surface area contributed by atoms with Crippen LogP contribution >= 0.6 is 0 Å². The van der Waals surface area contributed by atoms with Gasteiger partial charge in [0.2, 0.25) is 0 Å². The molecule has 0 spiro atoms. The van der Waals surface area contributed by atoms with Crippen molar-refractivity contribution < 1.29 is 9.53 Å². The highest BCUT2D eigenvalue weighted by Crippen LogP contribution is 2.14. The average molecular weight is 244 g/mol. The van der Waals surface area contributed by atoms with E-state index in [1.54, 1.807) is 30.3 Å².